The highest BCUT2D eigenvalue weighted by Crippen LogP contribution is 2.27. The predicted octanol–water partition coefficient (Wildman–Crippen LogP) is 1.86. The van der Waals surface area contributed by atoms with Crippen LogP contribution in [0, 0.1) is 0 Å². The molecule has 2 aliphatic heterocycles. The van der Waals surface area contributed by atoms with Crippen molar-refractivity contribution in [1.29, 1.82) is 0 Å². The average Bonchev–Trinajstić information content (AvgIpc) is 2.77. The van der Waals surface area contributed by atoms with Crippen molar-refractivity contribution in [3.63, 3.8) is 0 Å². The Balaban J connectivity index is 1.63. The van der Waals surface area contributed by atoms with E-state index in [0.29, 0.717) is 12.1 Å². The van der Waals surface area contributed by atoms with Crippen LogP contribution in [0.4, 0.5) is 0 Å². The molecule has 1 aromatic rings. The van der Waals surface area contributed by atoms with Gasteiger partial charge in [-0.25, -0.2) is 13.1 Å². The Labute approximate surface area is 120 Å². The van der Waals surface area contributed by atoms with Crippen LogP contribution in [0.25, 0.3) is 6.08 Å². The normalized spacial score (nSPS) is 29.9. The zero-order chi connectivity index (χ0) is 14.0. The second-order valence-electron chi connectivity index (χ2n) is 5.68. The topological polar surface area (TPSA) is 58.2 Å². The van der Waals surface area contributed by atoms with Gasteiger partial charge in [-0.1, -0.05) is 30.3 Å². The molecular weight excluding hydrogens is 272 g/mol. The maximum atomic E-state index is 12.1. The van der Waals surface area contributed by atoms with Crippen LogP contribution in [0.1, 0.15) is 31.2 Å². The van der Waals surface area contributed by atoms with Crippen molar-refractivity contribution in [3.05, 3.63) is 41.3 Å². The van der Waals surface area contributed by atoms with E-state index < -0.39 is 10.0 Å². The van der Waals surface area contributed by atoms with E-state index in [1.54, 1.807) is 6.08 Å². The van der Waals surface area contributed by atoms with Gasteiger partial charge in [0, 0.05) is 23.5 Å². The first-order chi connectivity index (χ1) is 9.61. The first-order valence-corrected chi connectivity index (χ1v) is 8.67. The number of piperidine rings is 1. The lowest BCUT2D eigenvalue weighted by atomic mass is 10.0. The van der Waals surface area contributed by atoms with E-state index in [0.717, 1.165) is 18.4 Å². The van der Waals surface area contributed by atoms with Crippen molar-refractivity contribution in [2.24, 2.45) is 0 Å². The summed E-state index contributed by atoms with van der Waals surface area (Å²) in [6.07, 6.45) is 5.77. The summed E-state index contributed by atoms with van der Waals surface area (Å²) in [4.78, 5) is 0. The molecule has 2 N–H and O–H groups in total. The monoisotopic (exact) mass is 292 g/mol. The molecule has 2 heterocycles. The second-order valence-corrected chi connectivity index (χ2v) is 7.28. The number of sulfonamides is 1. The molecule has 2 aliphatic rings. The van der Waals surface area contributed by atoms with E-state index >= 15 is 0 Å². The molecule has 5 heteroatoms. The van der Waals surface area contributed by atoms with Gasteiger partial charge < -0.3 is 5.32 Å². The van der Waals surface area contributed by atoms with Crippen molar-refractivity contribution < 1.29 is 8.42 Å². The lowest BCUT2D eigenvalue weighted by molar-refractivity contribution is 0.346. The molecule has 0 aliphatic carbocycles. The minimum Gasteiger partial charge on any atom is -0.311 e. The molecule has 4 nitrogen and oxygen atoms in total. The zero-order valence-electron chi connectivity index (χ0n) is 11.3. The summed E-state index contributed by atoms with van der Waals surface area (Å²) in [6, 6.07) is 10.5. The summed E-state index contributed by atoms with van der Waals surface area (Å²) in [7, 11) is -3.36. The Kier molecular flexibility index (Phi) is 3.92. The highest BCUT2D eigenvalue weighted by atomic mass is 32.2. The third-order valence-corrected chi connectivity index (χ3v) is 5.20. The molecule has 3 rings (SSSR count). The van der Waals surface area contributed by atoms with Crippen molar-refractivity contribution in [2.75, 3.05) is 0 Å². The van der Waals surface area contributed by atoms with E-state index in [1.807, 2.05) is 30.3 Å². The zero-order valence-corrected chi connectivity index (χ0v) is 12.1. The minimum absolute atomic E-state index is 0.0687. The SMILES string of the molecule is O=S(=O)(C=Cc1ccccc1)NC1CC2CCC(C1)N2. The number of nitrogens with one attached hydrogen (secondary N) is 2. The minimum atomic E-state index is -3.36. The Morgan fingerprint density at radius 2 is 1.75 bits per heavy atom. The standard InChI is InChI=1S/C15H20N2O2S/c18-20(19,9-8-12-4-2-1-3-5-12)17-15-10-13-6-7-14(11-15)16-13/h1-5,8-9,13-17H,6-7,10-11H2. The fraction of sp³-hybridized carbons (Fsp3) is 0.467. The highest BCUT2D eigenvalue weighted by Gasteiger charge is 2.34. The largest absolute Gasteiger partial charge is 0.311 e. The molecule has 2 saturated heterocycles. The van der Waals surface area contributed by atoms with Gasteiger partial charge in [-0.2, -0.15) is 0 Å². The molecule has 1 aromatic carbocycles. The van der Waals surface area contributed by atoms with E-state index in [2.05, 4.69) is 10.0 Å². The second kappa shape index (κ2) is 5.68. The van der Waals surface area contributed by atoms with Crippen LogP contribution in [0.5, 0.6) is 0 Å². The van der Waals surface area contributed by atoms with Crippen LogP contribution in [-0.2, 0) is 10.0 Å². The summed E-state index contributed by atoms with van der Waals surface area (Å²) in [6.45, 7) is 0. The first kappa shape index (κ1) is 13.8. The number of hydrogen-bond acceptors (Lipinski definition) is 3. The summed E-state index contributed by atoms with van der Waals surface area (Å²) < 4.78 is 27.0. The van der Waals surface area contributed by atoms with E-state index in [4.69, 9.17) is 0 Å². The number of fused-ring (bicyclic) bond motifs is 2. The fourth-order valence-electron chi connectivity index (χ4n) is 3.16. The molecule has 20 heavy (non-hydrogen) atoms. The van der Waals surface area contributed by atoms with Crippen molar-refractivity contribution in [2.45, 2.75) is 43.8 Å². The third-order valence-electron chi connectivity index (χ3n) is 4.04. The molecule has 0 saturated carbocycles. The fourth-order valence-corrected chi connectivity index (χ4v) is 4.23. The molecule has 108 valence electrons. The maximum absolute atomic E-state index is 12.1. The van der Waals surface area contributed by atoms with Crippen molar-refractivity contribution in [1.82, 2.24) is 10.0 Å². The van der Waals surface area contributed by atoms with Crippen LogP contribution in [0.15, 0.2) is 35.7 Å². The predicted molar refractivity (Wildman–Crippen MR) is 80.5 cm³/mol. The molecule has 0 aromatic heterocycles. The van der Waals surface area contributed by atoms with Gasteiger partial charge in [0.25, 0.3) is 0 Å². The van der Waals surface area contributed by atoms with Crippen molar-refractivity contribution in [3.8, 4) is 0 Å². The van der Waals surface area contributed by atoms with Crippen LogP contribution >= 0.6 is 0 Å². The smallest absolute Gasteiger partial charge is 0.233 e. The van der Waals surface area contributed by atoms with Crippen LogP contribution in [0.2, 0.25) is 0 Å². The lowest BCUT2D eigenvalue weighted by Gasteiger charge is -2.29. The van der Waals surface area contributed by atoms with Gasteiger partial charge >= 0.3 is 0 Å². The Bertz CT molecular complexity index is 571. The molecular formula is C15H20N2O2S. The van der Waals surface area contributed by atoms with Crippen LogP contribution in [-0.4, -0.2) is 26.5 Å². The molecule has 0 amide bonds. The molecule has 0 spiro atoms. The number of benzene rings is 1. The van der Waals surface area contributed by atoms with Gasteiger partial charge in [-0.05, 0) is 37.3 Å². The van der Waals surface area contributed by atoms with Crippen LogP contribution < -0.4 is 10.0 Å². The number of rotatable bonds is 4. The summed E-state index contributed by atoms with van der Waals surface area (Å²) in [5, 5.41) is 4.78. The van der Waals surface area contributed by atoms with Gasteiger partial charge in [0.05, 0.1) is 0 Å². The van der Waals surface area contributed by atoms with Gasteiger partial charge in [-0.3, -0.25) is 0 Å². The lowest BCUT2D eigenvalue weighted by Crippen LogP contribution is -2.47. The summed E-state index contributed by atoms with van der Waals surface area (Å²) in [5.74, 6) is 0. The van der Waals surface area contributed by atoms with E-state index in [1.165, 1.54) is 18.2 Å². The Morgan fingerprint density at radius 3 is 2.40 bits per heavy atom. The van der Waals surface area contributed by atoms with E-state index in [9.17, 15) is 8.42 Å². The van der Waals surface area contributed by atoms with Crippen molar-refractivity contribution >= 4 is 16.1 Å². The Morgan fingerprint density at radius 1 is 1.10 bits per heavy atom. The average molecular weight is 292 g/mol. The van der Waals surface area contributed by atoms with Gasteiger partial charge in [0.2, 0.25) is 10.0 Å². The van der Waals surface area contributed by atoms with E-state index in [-0.39, 0.29) is 6.04 Å². The Hall–Kier alpha value is -1.17. The molecule has 2 bridgehead atoms. The number of hydrogen-bond donors (Lipinski definition) is 2. The maximum Gasteiger partial charge on any atom is 0.233 e. The molecule has 2 atom stereocenters. The summed E-state index contributed by atoms with van der Waals surface area (Å²) in [5.41, 5.74) is 0.892. The molecule has 0 radical (unpaired) electrons. The third kappa shape index (κ3) is 3.48. The highest BCUT2D eigenvalue weighted by molar-refractivity contribution is 7.92. The van der Waals surface area contributed by atoms with Gasteiger partial charge in [-0.15, -0.1) is 0 Å². The summed E-state index contributed by atoms with van der Waals surface area (Å²) >= 11 is 0. The molecule has 2 fully saturated rings. The van der Waals surface area contributed by atoms with Crippen LogP contribution in [0.3, 0.4) is 0 Å². The molecule has 2 unspecified atom stereocenters. The van der Waals surface area contributed by atoms with Gasteiger partial charge in [0.1, 0.15) is 0 Å². The van der Waals surface area contributed by atoms with Gasteiger partial charge in [0.15, 0.2) is 0 Å². The first-order valence-electron chi connectivity index (χ1n) is 7.12. The quantitative estimate of drug-likeness (QED) is 0.890.